The molecule has 2 rings (SSSR count). The number of carbonyl (C=O) groups is 1. The second kappa shape index (κ2) is 7.28. The number of rotatable bonds is 6. The van der Waals surface area contributed by atoms with Crippen molar-refractivity contribution < 1.29 is 9.53 Å². The second-order valence-corrected chi connectivity index (χ2v) is 6.04. The van der Waals surface area contributed by atoms with Gasteiger partial charge in [-0.05, 0) is 24.5 Å². The molecule has 2 aromatic rings. The first-order chi connectivity index (χ1) is 10.9. The van der Waals surface area contributed by atoms with Gasteiger partial charge >= 0.3 is 0 Å². The number of amides is 1. The van der Waals surface area contributed by atoms with Gasteiger partial charge in [0.05, 0.1) is 19.3 Å². The van der Waals surface area contributed by atoms with E-state index in [-0.39, 0.29) is 5.91 Å². The molecular weight excluding hydrogens is 292 g/mol. The Kier molecular flexibility index (Phi) is 5.39. The molecular formula is C17H24N4O2. The number of hydrogen-bond donors (Lipinski definition) is 2. The van der Waals surface area contributed by atoms with Crippen LogP contribution in [0.25, 0.3) is 11.1 Å². The van der Waals surface area contributed by atoms with Gasteiger partial charge < -0.3 is 15.8 Å². The van der Waals surface area contributed by atoms with Crippen molar-refractivity contribution in [3.63, 3.8) is 0 Å². The summed E-state index contributed by atoms with van der Waals surface area (Å²) in [6.45, 7) is 4.08. The first-order valence-corrected chi connectivity index (χ1v) is 7.64. The summed E-state index contributed by atoms with van der Waals surface area (Å²) in [5.74, 6) is 0.862. The maximum absolute atomic E-state index is 12.1. The van der Waals surface area contributed by atoms with Crippen molar-refractivity contribution in [1.29, 1.82) is 0 Å². The molecule has 1 atom stereocenters. The summed E-state index contributed by atoms with van der Waals surface area (Å²) in [5.41, 5.74) is 8.45. The van der Waals surface area contributed by atoms with Gasteiger partial charge in [0.1, 0.15) is 5.75 Å². The van der Waals surface area contributed by atoms with E-state index in [9.17, 15) is 4.79 Å². The highest BCUT2D eigenvalue weighted by Gasteiger charge is 2.16. The number of nitrogens with one attached hydrogen (secondary N) is 1. The van der Waals surface area contributed by atoms with Crippen LogP contribution in [0, 0.1) is 5.92 Å². The van der Waals surface area contributed by atoms with E-state index in [0.717, 1.165) is 11.1 Å². The average molecular weight is 316 g/mol. The Bertz CT molecular complexity index is 679. The van der Waals surface area contributed by atoms with Crippen LogP contribution in [-0.2, 0) is 11.8 Å². The lowest BCUT2D eigenvalue weighted by atomic mass is 10.0. The first kappa shape index (κ1) is 17.0. The van der Waals surface area contributed by atoms with Crippen molar-refractivity contribution in [2.24, 2.45) is 18.7 Å². The minimum absolute atomic E-state index is 0.185. The molecule has 124 valence electrons. The molecule has 1 aromatic heterocycles. The van der Waals surface area contributed by atoms with E-state index in [0.29, 0.717) is 23.8 Å². The quantitative estimate of drug-likeness (QED) is 0.857. The number of nitrogens with two attached hydrogens (primary N) is 1. The molecule has 0 spiro atoms. The van der Waals surface area contributed by atoms with Crippen molar-refractivity contribution in [1.82, 2.24) is 9.78 Å². The molecule has 0 aliphatic heterocycles. The lowest BCUT2D eigenvalue weighted by molar-refractivity contribution is -0.117. The zero-order valence-electron chi connectivity index (χ0n) is 14.0. The number of nitrogens with zero attached hydrogens (tertiary/aromatic N) is 2. The largest absolute Gasteiger partial charge is 0.496 e. The zero-order valence-corrected chi connectivity index (χ0v) is 14.0. The number of methoxy groups -OCH3 is 1. The molecule has 0 saturated heterocycles. The molecule has 0 unspecified atom stereocenters. The highest BCUT2D eigenvalue weighted by Crippen LogP contribution is 2.32. The molecule has 0 bridgehead atoms. The number of ether oxygens (including phenoxy) is 1. The van der Waals surface area contributed by atoms with Gasteiger partial charge in [0.25, 0.3) is 0 Å². The van der Waals surface area contributed by atoms with E-state index in [1.165, 1.54) is 0 Å². The molecule has 0 aliphatic carbocycles. The van der Waals surface area contributed by atoms with Crippen molar-refractivity contribution in [3.8, 4) is 16.9 Å². The second-order valence-electron chi connectivity index (χ2n) is 6.04. The van der Waals surface area contributed by atoms with Gasteiger partial charge in [-0.1, -0.05) is 13.8 Å². The van der Waals surface area contributed by atoms with Gasteiger partial charge in [0, 0.05) is 36.1 Å². The van der Waals surface area contributed by atoms with E-state index in [2.05, 4.69) is 10.4 Å². The lowest BCUT2D eigenvalue weighted by Gasteiger charge is -2.15. The van der Waals surface area contributed by atoms with E-state index in [1.807, 2.05) is 39.2 Å². The molecule has 23 heavy (non-hydrogen) atoms. The summed E-state index contributed by atoms with van der Waals surface area (Å²) in [6, 6.07) is 5.02. The Morgan fingerprint density at radius 2 is 2.17 bits per heavy atom. The number of benzene rings is 1. The number of anilines is 1. The van der Waals surface area contributed by atoms with Crippen LogP contribution >= 0.6 is 0 Å². The molecule has 0 saturated carbocycles. The molecule has 6 nitrogen and oxygen atoms in total. The Morgan fingerprint density at radius 1 is 1.43 bits per heavy atom. The van der Waals surface area contributed by atoms with Crippen LogP contribution in [0.4, 0.5) is 5.69 Å². The predicted molar refractivity (Wildman–Crippen MR) is 91.3 cm³/mol. The molecule has 3 N–H and O–H groups in total. The number of aryl methyl sites for hydroxylation is 1. The average Bonchev–Trinajstić information content (AvgIpc) is 2.92. The third-order valence-electron chi connectivity index (χ3n) is 3.55. The molecule has 0 aliphatic rings. The maximum atomic E-state index is 12.1. The van der Waals surface area contributed by atoms with Crippen LogP contribution in [-0.4, -0.2) is 28.8 Å². The predicted octanol–water partition coefficient (Wildman–Crippen LogP) is 2.41. The fourth-order valence-electron chi connectivity index (χ4n) is 2.42. The fourth-order valence-corrected chi connectivity index (χ4v) is 2.42. The maximum Gasteiger partial charge on any atom is 0.241 e. The van der Waals surface area contributed by atoms with E-state index >= 15 is 0 Å². The first-order valence-electron chi connectivity index (χ1n) is 7.64. The van der Waals surface area contributed by atoms with Crippen LogP contribution < -0.4 is 15.8 Å². The Balaban J connectivity index is 2.17. The number of hydrogen-bond acceptors (Lipinski definition) is 4. The Hall–Kier alpha value is -2.34. The number of carbonyl (C=O) groups excluding carboxylic acids is 1. The highest BCUT2D eigenvalue weighted by atomic mass is 16.5. The SMILES string of the molecule is COc1cc(NC(=O)[C@H](N)CC(C)C)ccc1-c1cnn(C)c1. The van der Waals surface area contributed by atoms with Gasteiger partial charge in [-0.15, -0.1) is 0 Å². The normalized spacial score (nSPS) is 12.3. The summed E-state index contributed by atoms with van der Waals surface area (Å²) in [7, 11) is 3.46. The monoisotopic (exact) mass is 316 g/mol. The smallest absolute Gasteiger partial charge is 0.241 e. The molecule has 0 radical (unpaired) electrons. The molecule has 6 heteroatoms. The topological polar surface area (TPSA) is 82.2 Å². The van der Waals surface area contributed by atoms with E-state index in [4.69, 9.17) is 10.5 Å². The van der Waals surface area contributed by atoms with Gasteiger partial charge in [0.2, 0.25) is 5.91 Å². The minimum Gasteiger partial charge on any atom is -0.496 e. The summed E-state index contributed by atoms with van der Waals surface area (Å²) >= 11 is 0. The summed E-state index contributed by atoms with van der Waals surface area (Å²) in [5, 5.41) is 7.01. The number of aromatic nitrogens is 2. The summed E-state index contributed by atoms with van der Waals surface area (Å²) in [4.78, 5) is 12.1. The third-order valence-corrected chi connectivity index (χ3v) is 3.55. The Morgan fingerprint density at radius 3 is 2.74 bits per heavy atom. The third kappa shape index (κ3) is 4.32. The van der Waals surface area contributed by atoms with Crippen LogP contribution in [0.5, 0.6) is 5.75 Å². The molecule has 1 heterocycles. The van der Waals surface area contributed by atoms with Gasteiger partial charge in [-0.2, -0.15) is 5.10 Å². The van der Waals surface area contributed by atoms with Crippen LogP contribution in [0.3, 0.4) is 0 Å². The highest BCUT2D eigenvalue weighted by molar-refractivity contribution is 5.95. The fraction of sp³-hybridized carbons (Fsp3) is 0.412. The lowest BCUT2D eigenvalue weighted by Crippen LogP contribution is -2.36. The molecule has 0 fully saturated rings. The molecule has 1 amide bonds. The van der Waals surface area contributed by atoms with Crippen LogP contribution in [0.2, 0.25) is 0 Å². The van der Waals surface area contributed by atoms with E-state index < -0.39 is 6.04 Å². The zero-order chi connectivity index (χ0) is 17.0. The van der Waals surface area contributed by atoms with Crippen molar-refractivity contribution in [2.45, 2.75) is 26.3 Å². The van der Waals surface area contributed by atoms with Crippen LogP contribution in [0.15, 0.2) is 30.6 Å². The van der Waals surface area contributed by atoms with E-state index in [1.54, 1.807) is 24.1 Å². The van der Waals surface area contributed by atoms with Gasteiger partial charge in [-0.25, -0.2) is 0 Å². The molecule has 1 aromatic carbocycles. The van der Waals surface area contributed by atoms with Crippen molar-refractivity contribution >= 4 is 11.6 Å². The summed E-state index contributed by atoms with van der Waals surface area (Å²) in [6.07, 6.45) is 4.33. The van der Waals surface area contributed by atoms with Crippen molar-refractivity contribution in [3.05, 3.63) is 30.6 Å². The minimum atomic E-state index is -0.515. The Labute approximate surface area is 136 Å². The van der Waals surface area contributed by atoms with Crippen molar-refractivity contribution in [2.75, 3.05) is 12.4 Å². The standard InChI is InChI=1S/C17H24N4O2/c1-11(2)7-15(18)17(22)20-13-5-6-14(16(8-13)23-4)12-9-19-21(3)10-12/h5-6,8-11,15H,7,18H2,1-4H3,(H,20,22)/t15-/m1/s1. The summed E-state index contributed by atoms with van der Waals surface area (Å²) < 4.78 is 7.17. The van der Waals surface area contributed by atoms with Gasteiger partial charge in [0.15, 0.2) is 0 Å². The van der Waals surface area contributed by atoms with Gasteiger partial charge in [-0.3, -0.25) is 9.48 Å². The van der Waals surface area contributed by atoms with Crippen LogP contribution in [0.1, 0.15) is 20.3 Å².